The fourth-order valence-electron chi connectivity index (χ4n) is 3.09. The number of aliphatic carboxylic acids is 1. The van der Waals surface area contributed by atoms with Crippen LogP contribution in [0.15, 0.2) is 30.3 Å². The number of nitrogens with one attached hydrogen (secondary N) is 1. The Labute approximate surface area is 158 Å². The summed E-state index contributed by atoms with van der Waals surface area (Å²) in [6, 6.07) is 8.65. The number of amides is 2. The minimum Gasteiger partial charge on any atom is -0.480 e. The summed E-state index contributed by atoms with van der Waals surface area (Å²) in [5.74, 6) is -0.383. The van der Waals surface area contributed by atoms with Crippen molar-refractivity contribution >= 4 is 29.5 Å². The second-order valence-electron chi connectivity index (χ2n) is 6.42. The normalized spacial score (nSPS) is 19.2. The van der Waals surface area contributed by atoms with Gasteiger partial charge in [-0.25, -0.2) is 4.79 Å². The molecular weight excluding hydrogens is 352 g/mol. The summed E-state index contributed by atoms with van der Waals surface area (Å²) in [6.07, 6.45) is 0.503. The van der Waals surface area contributed by atoms with Crippen molar-refractivity contribution in [2.45, 2.75) is 38.8 Å². The summed E-state index contributed by atoms with van der Waals surface area (Å²) in [6.45, 7) is 4.26. The van der Waals surface area contributed by atoms with Crippen molar-refractivity contribution in [1.29, 1.82) is 0 Å². The molecular formula is C19H26N2O4S. The molecule has 2 rings (SSSR count). The Balaban J connectivity index is 1.96. The number of thioether (sulfide) groups is 1. The van der Waals surface area contributed by atoms with Gasteiger partial charge in [0, 0.05) is 13.0 Å². The summed E-state index contributed by atoms with van der Waals surface area (Å²) < 4.78 is 0. The average Bonchev–Trinajstić information content (AvgIpc) is 3.02. The van der Waals surface area contributed by atoms with Crippen molar-refractivity contribution in [1.82, 2.24) is 10.2 Å². The van der Waals surface area contributed by atoms with Gasteiger partial charge in [0.25, 0.3) is 0 Å². The molecule has 2 amide bonds. The van der Waals surface area contributed by atoms with Gasteiger partial charge >= 0.3 is 5.97 Å². The smallest absolute Gasteiger partial charge is 0.326 e. The average molecular weight is 378 g/mol. The van der Waals surface area contributed by atoms with E-state index in [4.69, 9.17) is 0 Å². The zero-order valence-corrected chi connectivity index (χ0v) is 16.0. The molecule has 142 valence electrons. The lowest BCUT2D eigenvalue weighted by Crippen LogP contribution is -2.44. The Morgan fingerprint density at radius 3 is 2.65 bits per heavy atom. The number of hydrogen-bond acceptors (Lipinski definition) is 4. The van der Waals surface area contributed by atoms with Gasteiger partial charge in [-0.1, -0.05) is 37.3 Å². The Morgan fingerprint density at radius 2 is 2.04 bits per heavy atom. The molecule has 2 N–H and O–H groups in total. The molecule has 0 radical (unpaired) electrons. The van der Waals surface area contributed by atoms with Gasteiger partial charge in [0.1, 0.15) is 6.04 Å². The molecule has 1 fully saturated rings. The number of nitrogens with zero attached hydrogens (tertiary/aromatic N) is 1. The number of carbonyl (C=O) groups is 3. The highest BCUT2D eigenvalue weighted by Crippen LogP contribution is 2.28. The summed E-state index contributed by atoms with van der Waals surface area (Å²) in [5.41, 5.74) is 1.02. The lowest BCUT2D eigenvalue weighted by Gasteiger charge is -2.25. The molecule has 6 nitrogen and oxygen atoms in total. The first kappa shape index (κ1) is 20.3. The van der Waals surface area contributed by atoms with Crippen molar-refractivity contribution in [2.75, 3.05) is 18.1 Å². The van der Waals surface area contributed by atoms with Crippen LogP contribution in [0.2, 0.25) is 0 Å². The molecule has 0 aromatic heterocycles. The van der Waals surface area contributed by atoms with Gasteiger partial charge in [0.15, 0.2) is 0 Å². The van der Waals surface area contributed by atoms with Crippen molar-refractivity contribution in [3.05, 3.63) is 35.9 Å². The van der Waals surface area contributed by atoms with Gasteiger partial charge in [-0.3, -0.25) is 9.59 Å². The Morgan fingerprint density at radius 1 is 1.35 bits per heavy atom. The van der Waals surface area contributed by atoms with Crippen LogP contribution in [0.25, 0.3) is 0 Å². The van der Waals surface area contributed by atoms with Crippen LogP contribution in [0.3, 0.4) is 0 Å². The molecule has 0 aliphatic carbocycles. The number of rotatable bonds is 9. The van der Waals surface area contributed by atoms with E-state index in [2.05, 4.69) is 5.32 Å². The number of carboxylic acid groups (broad SMARTS) is 1. The number of hydrogen-bond donors (Lipinski definition) is 2. The summed E-state index contributed by atoms with van der Waals surface area (Å²) in [5, 5.41) is 11.9. The van der Waals surface area contributed by atoms with Crippen LogP contribution in [0.1, 0.15) is 38.3 Å². The lowest BCUT2D eigenvalue weighted by atomic mass is 10.1. The van der Waals surface area contributed by atoms with E-state index in [0.29, 0.717) is 18.7 Å². The van der Waals surface area contributed by atoms with Crippen molar-refractivity contribution < 1.29 is 19.5 Å². The van der Waals surface area contributed by atoms with Crippen LogP contribution < -0.4 is 5.32 Å². The second kappa shape index (κ2) is 9.62. The minimum atomic E-state index is -1.03. The SMILES string of the molecule is CCSCCC(NC(=O)C1CC(=O)N(C(C)c2ccccc2)C1)C(=O)O. The summed E-state index contributed by atoms with van der Waals surface area (Å²) in [7, 11) is 0. The highest BCUT2D eigenvalue weighted by atomic mass is 32.2. The van der Waals surface area contributed by atoms with Crippen LogP contribution >= 0.6 is 11.8 Å². The molecule has 0 bridgehead atoms. The number of carboxylic acids is 1. The third kappa shape index (κ3) is 5.24. The van der Waals surface area contributed by atoms with Gasteiger partial charge in [-0.05, 0) is 30.4 Å². The molecule has 0 saturated carbocycles. The van der Waals surface area contributed by atoms with Gasteiger partial charge < -0.3 is 15.3 Å². The quantitative estimate of drug-likeness (QED) is 0.644. The number of likely N-dealkylation sites (tertiary alicyclic amines) is 1. The van der Waals surface area contributed by atoms with E-state index < -0.39 is 17.9 Å². The van der Waals surface area contributed by atoms with E-state index >= 15 is 0 Å². The largest absolute Gasteiger partial charge is 0.480 e. The van der Waals surface area contributed by atoms with Gasteiger partial charge in [-0.15, -0.1) is 0 Å². The highest BCUT2D eigenvalue weighted by Gasteiger charge is 2.38. The van der Waals surface area contributed by atoms with Crippen LogP contribution in [0.4, 0.5) is 0 Å². The predicted molar refractivity (Wildman–Crippen MR) is 102 cm³/mol. The molecule has 1 aromatic carbocycles. The zero-order valence-electron chi connectivity index (χ0n) is 15.2. The first-order valence-corrected chi connectivity index (χ1v) is 10.0. The molecule has 7 heteroatoms. The maximum absolute atomic E-state index is 12.5. The molecule has 26 heavy (non-hydrogen) atoms. The molecule has 3 atom stereocenters. The maximum atomic E-state index is 12.5. The Bertz CT molecular complexity index is 638. The Kier molecular flexibility index (Phi) is 7.50. The van der Waals surface area contributed by atoms with Crippen LogP contribution in [0.5, 0.6) is 0 Å². The third-order valence-corrected chi connectivity index (χ3v) is 5.58. The lowest BCUT2D eigenvalue weighted by molar-refractivity contribution is -0.142. The van der Waals surface area contributed by atoms with Crippen LogP contribution in [-0.2, 0) is 14.4 Å². The second-order valence-corrected chi connectivity index (χ2v) is 7.81. The molecule has 1 heterocycles. The summed E-state index contributed by atoms with van der Waals surface area (Å²) >= 11 is 1.64. The first-order chi connectivity index (χ1) is 12.4. The maximum Gasteiger partial charge on any atom is 0.326 e. The molecule has 1 aliphatic heterocycles. The number of carbonyl (C=O) groups excluding carboxylic acids is 2. The van der Waals surface area contributed by atoms with Crippen molar-refractivity contribution in [2.24, 2.45) is 5.92 Å². The Hall–Kier alpha value is -2.02. The fourth-order valence-corrected chi connectivity index (χ4v) is 3.78. The van der Waals surface area contributed by atoms with Crippen LogP contribution in [0, 0.1) is 5.92 Å². The fraction of sp³-hybridized carbons (Fsp3) is 0.526. The van der Waals surface area contributed by atoms with E-state index in [1.165, 1.54) is 0 Å². The monoisotopic (exact) mass is 378 g/mol. The first-order valence-electron chi connectivity index (χ1n) is 8.89. The van der Waals surface area contributed by atoms with Crippen molar-refractivity contribution in [3.63, 3.8) is 0 Å². The van der Waals surface area contributed by atoms with Gasteiger partial charge in [0.05, 0.1) is 12.0 Å². The standard InChI is InChI=1S/C19H26N2O4S/c1-3-26-10-9-16(19(24)25)20-18(23)15-11-17(22)21(12-15)13(2)14-7-5-4-6-8-14/h4-8,13,15-16H,3,9-12H2,1-2H3,(H,20,23)(H,24,25). The van der Waals surface area contributed by atoms with Crippen LogP contribution in [-0.4, -0.2) is 51.9 Å². The number of benzene rings is 1. The predicted octanol–water partition coefficient (Wildman–Crippen LogP) is 2.31. The van der Waals surface area contributed by atoms with E-state index in [9.17, 15) is 19.5 Å². The molecule has 0 spiro atoms. The highest BCUT2D eigenvalue weighted by molar-refractivity contribution is 7.99. The summed E-state index contributed by atoms with van der Waals surface area (Å²) in [4.78, 5) is 37.9. The molecule has 1 aliphatic rings. The van der Waals surface area contributed by atoms with Gasteiger partial charge in [0.2, 0.25) is 11.8 Å². The zero-order chi connectivity index (χ0) is 19.1. The topological polar surface area (TPSA) is 86.7 Å². The van der Waals surface area contributed by atoms with Gasteiger partial charge in [-0.2, -0.15) is 11.8 Å². The molecule has 1 saturated heterocycles. The molecule has 3 unspecified atom stereocenters. The minimum absolute atomic E-state index is 0.0742. The van der Waals surface area contributed by atoms with E-state index in [-0.39, 0.29) is 24.3 Å². The van der Waals surface area contributed by atoms with E-state index in [1.807, 2.05) is 44.2 Å². The van der Waals surface area contributed by atoms with Crippen molar-refractivity contribution in [3.8, 4) is 0 Å². The van der Waals surface area contributed by atoms with E-state index in [1.54, 1.807) is 16.7 Å². The molecule has 1 aromatic rings. The third-order valence-electron chi connectivity index (χ3n) is 4.65. The van der Waals surface area contributed by atoms with E-state index in [0.717, 1.165) is 11.3 Å².